The van der Waals surface area contributed by atoms with E-state index < -0.39 is 0 Å². The minimum absolute atomic E-state index is 0.410. The number of hydrogen-bond acceptors (Lipinski definition) is 3. The molecule has 2 aliphatic carbocycles. The summed E-state index contributed by atoms with van der Waals surface area (Å²) < 4.78 is 5.74. The van der Waals surface area contributed by atoms with E-state index in [-0.39, 0.29) is 0 Å². The van der Waals surface area contributed by atoms with Crippen LogP contribution in [-0.4, -0.2) is 42.5 Å². The molecule has 0 aromatic carbocycles. The Morgan fingerprint density at radius 2 is 2.13 bits per heavy atom. The van der Waals surface area contributed by atoms with E-state index >= 15 is 0 Å². The quantitative estimate of drug-likeness (QED) is 0.700. The van der Waals surface area contributed by atoms with E-state index in [4.69, 9.17) is 4.74 Å². The summed E-state index contributed by atoms with van der Waals surface area (Å²) in [4.78, 5) is 14.2. The van der Waals surface area contributed by atoms with Gasteiger partial charge < -0.3 is 4.74 Å². The van der Waals surface area contributed by atoms with E-state index in [1.54, 1.807) is 0 Å². The van der Waals surface area contributed by atoms with Gasteiger partial charge in [-0.2, -0.15) is 0 Å². The highest BCUT2D eigenvalue weighted by atomic mass is 16.5. The number of carbonyl (C=O) groups is 1. The zero-order valence-electron chi connectivity index (χ0n) is 9.15. The molecule has 3 heteroatoms. The summed E-state index contributed by atoms with van der Waals surface area (Å²) in [5.74, 6) is 0.884. The first-order valence-corrected chi connectivity index (χ1v) is 6.23. The summed E-state index contributed by atoms with van der Waals surface area (Å²) in [5, 5.41) is 0. The first-order chi connectivity index (χ1) is 7.34. The standard InChI is InChI=1S/C12H19NO2/c14-11(9-4-5-9)8-13-6-7-15-12-3-1-2-10(12)13/h9-10,12H,1-8H2. The molecule has 0 amide bonds. The predicted octanol–water partition coefficient (Wildman–Crippen LogP) is 1.22. The molecular weight excluding hydrogens is 190 g/mol. The van der Waals surface area contributed by atoms with Crippen molar-refractivity contribution < 1.29 is 9.53 Å². The molecule has 2 saturated carbocycles. The zero-order valence-corrected chi connectivity index (χ0v) is 9.15. The number of ether oxygens (including phenoxy) is 1. The number of nitrogens with zero attached hydrogens (tertiary/aromatic N) is 1. The second-order valence-electron chi connectivity index (χ2n) is 5.12. The van der Waals surface area contributed by atoms with Gasteiger partial charge in [0, 0.05) is 18.5 Å². The Hall–Kier alpha value is -0.410. The molecule has 0 aromatic heterocycles. The molecule has 3 fully saturated rings. The molecule has 2 atom stereocenters. The maximum Gasteiger partial charge on any atom is 0.149 e. The lowest BCUT2D eigenvalue weighted by molar-refractivity contribution is -0.125. The Morgan fingerprint density at radius 3 is 2.93 bits per heavy atom. The van der Waals surface area contributed by atoms with Crippen molar-refractivity contribution in [3.63, 3.8) is 0 Å². The van der Waals surface area contributed by atoms with Crippen LogP contribution in [0.2, 0.25) is 0 Å². The van der Waals surface area contributed by atoms with E-state index in [0.717, 1.165) is 26.0 Å². The number of rotatable bonds is 3. The normalized spacial score (nSPS) is 36.5. The summed E-state index contributed by atoms with van der Waals surface area (Å²) in [5.41, 5.74) is 0. The van der Waals surface area contributed by atoms with Gasteiger partial charge >= 0.3 is 0 Å². The average Bonchev–Trinajstić information content (AvgIpc) is 2.97. The summed E-state index contributed by atoms with van der Waals surface area (Å²) in [7, 11) is 0. The van der Waals surface area contributed by atoms with Gasteiger partial charge in [-0.3, -0.25) is 9.69 Å². The third-order valence-electron chi connectivity index (χ3n) is 3.99. The molecule has 1 saturated heterocycles. The molecule has 0 bridgehead atoms. The van der Waals surface area contributed by atoms with Crippen LogP contribution in [0.15, 0.2) is 0 Å². The summed E-state index contributed by atoms with van der Waals surface area (Å²) in [6, 6.07) is 0.543. The predicted molar refractivity (Wildman–Crippen MR) is 56.7 cm³/mol. The van der Waals surface area contributed by atoms with Crippen LogP contribution in [0, 0.1) is 5.92 Å². The minimum Gasteiger partial charge on any atom is -0.375 e. The Labute approximate surface area is 90.8 Å². The third-order valence-corrected chi connectivity index (χ3v) is 3.99. The minimum atomic E-state index is 0.410. The first kappa shape index (κ1) is 9.79. The lowest BCUT2D eigenvalue weighted by Gasteiger charge is -2.37. The van der Waals surface area contributed by atoms with Gasteiger partial charge in [0.25, 0.3) is 0 Å². The second kappa shape index (κ2) is 3.87. The third kappa shape index (κ3) is 1.95. The van der Waals surface area contributed by atoms with Gasteiger partial charge in [0.2, 0.25) is 0 Å². The van der Waals surface area contributed by atoms with Crippen LogP contribution < -0.4 is 0 Å². The maximum atomic E-state index is 11.8. The maximum absolute atomic E-state index is 11.8. The van der Waals surface area contributed by atoms with Gasteiger partial charge in [-0.05, 0) is 32.1 Å². The van der Waals surface area contributed by atoms with Crippen LogP contribution in [0.5, 0.6) is 0 Å². The van der Waals surface area contributed by atoms with Crippen molar-refractivity contribution in [3.8, 4) is 0 Å². The fraction of sp³-hybridized carbons (Fsp3) is 0.917. The first-order valence-electron chi connectivity index (χ1n) is 6.23. The molecule has 1 aliphatic heterocycles. The van der Waals surface area contributed by atoms with Gasteiger partial charge in [-0.1, -0.05) is 0 Å². The Morgan fingerprint density at radius 1 is 1.27 bits per heavy atom. The molecule has 1 heterocycles. The number of morpholine rings is 1. The molecule has 84 valence electrons. The smallest absolute Gasteiger partial charge is 0.149 e. The number of hydrogen-bond donors (Lipinski definition) is 0. The number of Topliss-reactive ketones (excluding diaryl/α,β-unsaturated/α-hetero) is 1. The van der Waals surface area contributed by atoms with Crippen LogP contribution in [0.1, 0.15) is 32.1 Å². The highest BCUT2D eigenvalue weighted by Gasteiger charge is 2.38. The summed E-state index contributed by atoms with van der Waals surface area (Å²) in [6.07, 6.45) is 6.38. The van der Waals surface area contributed by atoms with Crippen LogP contribution in [0.4, 0.5) is 0 Å². The number of ketones is 1. The Kier molecular flexibility index (Phi) is 2.53. The fourth-order valence-electron chi connectivity index (χ4n) is 2.94. The van der Waals surface area contributed by atoms with E-state index in [0.29, 0.717) is 30.4 Å². The summed E-state index contributed by atoms with van der Waals surface area (Å²) in [6.45, 7) is 2.47. The van der Waals surface area contributed by atoms with E-state index in [2.05, 4.69) is 4.90 Å². The van der Waals surface area contributed by atoms with Gasteiger partial charge in [-0.15, -0.1) is 0 Å². The lowest BCUT2D eigenvalue weighted by Crippen LogP contribution is -2.50. The van der Waals surface area contributed by atoms with Crippen LogP contribution in [-0.2, 0) is 9.53 Å². The average molecular weight is 209 g/mol. The molecule has 3 rings (SSSR count). The fourth-order valence-corrected chi connectivity index (χ4v) is 2.94. The highest BCUT2D eigenvalue weighted by Crippen LogP contribution is 2.33. The lowest BCUT2D eigenvalue weighted by atomic mass is 10.1. The van der Waals surface area contributed by atoms with Crippen molar-refractivity contribution in [1.82, 2.24) is 4.90 Å². The van der Waals surface area contributed by atoms with Crippen molar-refractivity contribution in [2.45, 2.75) is 44.2 Å². The van der Waals surface area contributed by atoms with Gasteiger partial charge in [0.1, 0.15) is 5.78 Å². The SMILES string of the molecule is O=C(CN1CCOC2CCCC21)C1CC1. The molecule has 0 aromatic rings. The van der Waals surface area contributed by atoms with Gasteiger partial charge in [0.05, 0.1) is 19.3 Å². The van der Waals surface area contributed by atoms with E-state index in [1.807, 2.05) is 0 Å². The van der Waals surface area contributed by atoms with Crippen LogP contribution in [0.3, 0.4) is 0 Å². The Balaban J connectivity index is 1.61. The molecule has 0 spiro atoms. The second-order valence-corrected chi connectivity index (χ2v) is 5.12. The zero-order chi connectivity index (χ0) is 10.3. The highest BCUT2D eigenvalue weighted by molar-refractivity contribution is 5.85. The molecule has 3 nitrogen and oxygen atoms in total. The molecule has 15 heavy (non-hydrogen) atoms. The van der Waals surface area contributed by atoms with Crippen molar-refractivity contribution in [2.75, 3.05) is 19.7 Å². The van der Waals surface area contributed by atoms with Crippen molar-refractivity contribution in [2.24, 2.45) is 5.92 Å². The van der Waals surface area contributed by atoms with Gasteiger partial charge in [-0.25, -0.2) is 0 Å². The van der Waals surface area contributed by atoms with Crippen molar-refractivity contribution in [1.29, 1.82) is 0 Å². The molecule has 3 aliphatic rings. The molecule has 0 radical (unpaired) electrons. The van der Waals surface area contributed by atoms with Crippen molar-refractivity contribution in [3.05, 3.63) is 0 Å². The number of fused-ring (bicyclic) bond motifs is 1. The number of carbonyl (C=O) groups excluding carboxylic acids is 1. The van der Waals surface area contributed by atoms with Gasteiger partial charge in [0.15, 0.2) is 0 Å². The largest absolute Gasteiger partial charge is 0.375 e. The van der Waals surface area contributed by atoms with Crippen LogP contribution >= 0.6 is 0 Å². The van der Waals surface area contributed by atoms with E-state index in [1.165, 1.54) is 19.3 Å². The molecular formula is C12H19NO2. The summed E-state index contributed by atoms with van der Waals surface area (Å²) >= 11 is 0. The molecule has 0 N–H and O–H groups in total. The monoisotopic (exact) mass is 209 g/mol. The Bertz CT molecular complexity index is 262. The topological polar surface area (TPSA) is 29.5 Å². The van der Waals surface area contributed by atoms with Crippen LogP contribution in [0.25, 0.3) is 0 Å². The van der Waals surface area contributed by atoms with E-state index in [9.17, 15) is 4.79 Å². The van der Waals surface area contributed by atoms with Crippen molar-refractivity contribution >= 4 is 5.78 Å². The molecule has 2 unspecified atom stereocenters.